The summed E-state index contributed by atoms with van der Waals surface area (Å²) in [7, 11) is 0. The summed E-state index contributed by atoms with van der Waals surface area (Å²) in [5.41, 5.74) is 3.94. The monoisotopic (exact) mass is 397 g/mol. The molecule has 0 saturated carbocycles. The maximum Gasteiger partial charge on any atom is 0.254 e. The first-order valence-electron chi connectivity index (χ1n) is 9.56. The molecule has 146 valence electrons. The minimum atomic E-state index is 0.102. The van der Waals surface area contributed by atoms with Crippen LogP contribution in [0, 0.1) is 18.6 Å². The van der Waals surface area contributed by atoms with Gasteiger partial charge in [0, 0.05) is 22.6 Å². The number of ketones is 1. The number of hydrogen-bond acceptors (Lipinski definition) is 5. The lowest BCUT2D eigenvalue weighted by Crippen LogP contribution is -3.14. The number of piperazine rings is 1. The van der Waals surface area contributed by atoms with E-state index < -0.39 is 0 Å². The molecule has 1 aliphatic heterocycles. The fourth-order valence-electron chi connectivity index (χ4n) is 3.80. The highest BCUT2D eigenvalue weighted by Crippen LogP contribution is 2.15. The van der Waals surface area contributed by atoms with Gasteiger partial charge >= 0.3 is 0 Å². The highest BCUT2D eigenvalue weighted by Gasteiger charge is 2.22. The molecule has 2 aromatic heterocycles. The number of hydrogen-bond donors (Lipinski definition) is 1. The summed E-state index contributed by atoms with van der Waals surface area (Å²) in [5.74, 6) is 0.774. The Balaban J connectivity index is 1.44. The Kier molecular flexibility index (Phi) is 4.99. The number of nitrogens with zero attached hydrogens (tertiary/aromatic N) is 5. The van der Waals surface area contributed by atoms with Gasteiger partial charge in [0.1, 0.15) is 0 Å². The Morgan fingerprint density at radius 2 is 1.86 bits per heavy atom. The molecule has 0 spiro atoms. The third-order valence-electron chi connectivity index (χ3n) is 5.35. The van der Waals surface area contributed by atoms with Gasteiger partial charge in [-0.3, -0.25) is 9.20 Å². The topological polar surface area (TPSA) is 59.9 Å². The maximum absolute atomic E-state index is 11.4. The molecule has 3 heterocycles. The van der Waals surface area contributed by atoms with Crippen molar-refractivity contribution in [3.63, 3.8) is 0 Å². The number of aryl methyl sites for hydroxylation is 2. The summed E-state index contributed by atoms with van der Waals surface area (Å²) in [5, 5.41) is 4.63. The van der Waals surface area contributed by atoms with E-state index in [1.165, 1.54) is 10.6 Å². The molecule has 1 fully saturated rings. The zero-order chi connectivity index (χ0) is 19.8. The average molecular weight is 398 g/mol. The molecule has 1 N–H and O–H groups in total. The van der Waals surface area contributed by atoms with Crippen LogP contribution < -0.4 is 9.80 Å². The quantitative estimate of drug-likeness (QED) is 0.533. The number of carbonyl (C=O) groups excluding carboxylic acids is 1. The van der Waals surface area contributed by atoms with E-state index in [0.717, 1.165) is 49.8 Å². The first-order chi connectivity index (χ1) is 13.4. The number of anilines is 1. The minimum Gasteiger partial charge on any atom is -0.360 e. The molecular weight excluding hydrogens is 372 g/mol. The van der Waals surface area contributed by atoms with Crippen molar-refractivity contribution in [3.05, 3.63) is 52.1 Å². The van der Waals surface area contributed by atoms with Gasteiger partial charge in [0.15, 0.2) is 12.5 Å². The summed E-state index contributed by atoms with van der Waals surface area (Å²) in [4.78, 5) is 19.8. The summed E-state index contributed by atoms with van der Waals surface area (Å²) in [6.45, 7) is 10.3. The van der Waals surface area contributed by atoms with Crippen LogP contribution in [0.3, 0.4) is 0 Å². The number of quaternary nitrogens is 1. The molecule has 7 nitrogen and oxygen atoms in total. The van der Waals surface area contributed by atoms with Crippen molar-refractivity contribution in [2.24, 2.45) is 0 Å². The van der Waals surface area contributed by atoms with Crippen molar-refractivity contribution in [2.75, 3.05) is 31.1 Å². The fraction of sp³-hybridized carbons (Fsp3) is 0.400. The van der Waals surface area contributed by atoms with Crippen LogP contribution in [0.5, 0.6) is 0 Å². The molecule has 8 heteroatoms. The number of carbonyl (C=O) groups is 1. The van der Waals surface area contributed by atoms with E-state index in [2.05, 4.69) is 15.0 Å². The molecule has 0 unspecified atom stereocenters. The van der Waals surface area contributed by atoms with E-state index in [0.29, 0.717) is 10.5 Å². The molecule has 0 bridgehead atoms. The largest absolute Gasteiger partial charge is 0.360 e. The molecule has 1 aliphatic rings. The van der Waals surface area contributed by atoms with E-state index in [1.54, 1.807) is 6.92 Å². The van der Waals surface area contributed by atoms with Gasteiger partial charge in [-0.2, -0.15) is 4.68 Å². The number of aromatic nitrogens is 4. The van der Waals surface area contributed by atoms with Gasteiger partial charge in [-0.15, -0.1) is 5.10 Å². The number of nitrogens with one attached hydrogen (secondary N) is 1. The van der Waals surface area contributed by atoms with E-state index in [-0.39, 0.29) is 5.78 Å². The average Bonchev–Trinajstić information content (AvgIpc) is 2.98. The third-order valence-corrected chi connectivity index (χ3v) is 5.75. The molecule has 3 aromatic rings. The van der Waals surface area contributed by atoms with Crippen LogP contribution >= 0.6 is 12.2 Å². The van der Waals surface area contributed by atoms with E-state index >= 15 is 0 Å². The van der Waals surface area contributed by atoms with Crippen molar-refractivity contribution in [1.29, 1.82) is 0 Å². The van der Waals surface area contributed by atoms with Gasteiger partial charge in [0.2, 0.25) is 4.77 Å². The van der Waals surface area contributed by atoms with Crippen molar-refractivity contribution in [2.45, 2.75) is 27.4 Å². The summed E-state index contributed by atoms with van der Waals surface area (Å²) in [6.07, 6.45) is 0. The Hall–Kier alpha value is -2.58. The lowest BCUT2D eigenvalue weighted by atomic mass is 10.1. The molecule has 28 heavy (non-hydrogen) atoms. The summed E-state index contributed by atoms with van der Waals surface area (Å²) < 4.78 is 4.54. The number of rotatable bonds is 4. The van der Waals surface area contributed by atoms with Crippen molar-refractivity contribution < 1.29 is 9.69 Å². The standard InChI is InChI=1S/C20H24N6OS/c1-14-12-15(2)26-19(21-14)22-25(20(26)28)13-23-8-10-24(11-9-23)18-6-4-17(5-7-18)16(3)27/h4-7,12H,8-11,13H2,1-3H3/p+1. The van der Waals surface area contributed by atoms with Crippen LogP contribution in [0.2, 0.25) is 0 Å². The Morgan fingerprint density at radius 3 is 2.50 bits per heavy atom. The second kappa shape index (κ2) is 7.44. The van der Waals surface area contributed by atoms with Crippen LogP contribution in [-0.2, 0) is 6.67 Å². The Bertz CT molecular complexity index is 1080. The van der Waals surface area contributed by atoms with Crippen LogP contribution in [-0.4, -0.2) is 51.1 Å². The second-order valence-corrected chi connectivity index (χ2v) is 7.82. The van der Waals surface area contributed by atoms with E-state index in [4.69, 9.17) is 12.2 Å². The minimum absolute atomic E-state index is 0.102. The molecule has 1 aromatic carbocycles. The molecule has 0 amide bonds. The van der Waals surface area contributed by atoms with Gasteiger partial charge in [0.25, 0.3) is 5.78 Å². The van der Waals surface area contributed by atoms with Crippen molar-refractivity contribution in [1.82, 2.24) is 19.2 Å². The van der Waals surface area contributed by atoms with Crippen molar-refractivity contribution >= 4 is 29.5 Å². The Morgan fingerprint density at radius 1 is 1.18 bits per heavy atom. The lowest BCUT2D eigenvalue weighted by Gasteiger charge is -2.33. The highest BCUT2D eigenvalue weighted by molar-refractivity contribution is 7.71. The molecule has 0 radical (unpaired) electrons. The number of benzene rings is 1. The van der Waals surface area contributed by atoms with Gasteiger partial charge < -0.3 is 9.80 Å². The lowest BCUT2D eigenvalue weighted by molar-refractivity contribution is -0.924. The molecule has 4 rings (SSSR count). The van der Waals surface area contributed by atoms with Gasteiger partial charge in [0.05, 0.1) is 26.2 Å². The van der Waals surface area contributed by atoms with Gasteiger partial charge in [-0.25, -0.2) is 4.98 Å². The second-order valence-electron chi connectivity index (χ2n) is 7.45. The third kappa shape index (κ3) is 3.57. The summed E-state index contributed by atoms with van der Waals surface area (Å²) >= 11 is 5.63. The normalized spacial score (nSPS) is 15.3. The molecule has 0 atom stereocenters. The number of Topliss-reactive ketones (excluding diaryl/α,β-unsaturated/α-hetero) is 1. The van der Waals surface area contributed by atoms with E-state index in [1.807, 2.05) is 53.3 Å². The smallest absolute Gasteiger partial charge is 0.254 e. The predicted octanol–water partition coefficient (Wildman–Crippen LogP) is 1.44. The van der Waals surface area contributed by atoms with Gasteiger partial charge in [-0.1, -0.05) is 0 Å². The molecule has 1 saturated heterocycles. The fourth-order valence-corrected chi connectivity index (χ4v) is 4.13. The highest BCUT2D eigenvalue weighted by atomic mass is 32.1. The Labute approximate surface area is 169 Å². The zero-order valence-electron chi connectivity index (χ0n) is 16.5. The van der Waals surface area contributed by atoms with Crippen LogP contribution in [0.15, 0.2) is 30.3 Å². The number of fused-ring (bicyclic) bond motifs is 1. The van der Waals surface area contributed by atoms with Gasteiger partial charge in [-0.05, 0) is 63.3 Å². The van der Waals surface area contributed by atoms with E-state index in [9.17, 15) is 4.79 Å². The summed E-state index contributed by atoms with van der Waals surface area (Å²) in [6, 6.07) is 9.92. The first kappa shape index (κ1) is 18.8. The SMILES string of the molecule is CC(=O)c1ccc(N2CC[NH+](Cn3nc4nc(C)cc(C)n4c3=S)CC2)cc1. The van der Waals surface area contributed by atoms with Crippen LogP contribution in [0.4, 0.5) is 5.69 Å². The molecular formula is C20H25N6OS+. The van der Waals surface area contributed by atoms with Crippen LogP contribution in [0.25, 0.3) is 5.78 Å². The molecule has 0 aliphatic carbocycles. The maximum atomic E-state index is 11.4. The first-order valence-corrected chi connectivity index (χ1v) is 9.96. The zero-order valence-corrected chi connectivity index (χ0v) is 17.3. The van der Waals surface area contributed by atoms with Crippen molar-refractivity contribution in [3.8, 4) is 0 Å². The predicted molar refractivity (Wildman–Crippen MR) is 111 cm³/mol. The van der Waals surface area contributed by atoms with Crippen LogP contribution in [0.1, 0.15) is 28.7 Å².